The van der Waals surface area contributed by atoms with Crippen LogP contribution in [0.2, 0.25) is 0 Å². The molecule has 1 heterocycles. The number of rotatable bonds is 6. The Labute approximate surface area is 168 Å². The second-order valence-corrected chi connectivity index (χ2v) is 9.36. The molecule has 1 fully saturated rings. The van der Waals surface area contributed by atoms with Crippen LogP contribution in [0.15, 0.2) is 41.3 Å². The monoisotopic (exact) mass is 402 g/mol. The number of nitrogens with zero attached hydrogens (tertiary/aromatic N) is 1. The van der Waals surface area contributed by atoms with Crippen LogP contribution in [-0.4, -0.2) is 46.2 Å². The standard InChI is InChI=1S/C22H30N2O3S/c1-16-5-7-20(8-6-16)21(24-9-11-27-12-10-24)15-23-28(25,26)22-14-18(3)17(2)13-19(22)4/h5-8,13-14,21,23H,9-12,15H2,1-4H3/t21-/m1/s1. The van der Waals surface area contributed by atoms with Gasteiger partial charge in [-0.25, -0.2) is 13.1 Å². The summed E-state index contributed by atoms with van der Waals surface area (Å²) in [6, 6.07) is 12.0. The zero-order chi connectivity index (χ0) is 20.3. The molecule has 0 radical (unpaired) electrons. The molecule has 2 aromatic rings. The third kappa shape index (κ3) is 4.81. The Hall–Kier alpha value is -1.73. The lowest BCUT2D eigenvalue weighted by Crippen LogP contribution is -2.43. The SMILES string of the molecule is Cc1ccc([C@@H](CNS(=O)(=O)c2cc(C)c(C)cc2C)N2CCOCC2)cc1. The summed E-state index contributed by atoms with van der Waals surface area (Å²) >= 11 is 0. The number of hydrogen-bond donors (Lipinski definition) is 1. The van der Waals surface area contributed by atoms with Gasteiger partial charge in [0.1, 0.15) is 0 Å². The Bertz CT molecular complexity index is 918. The Kier molecular flexibility index (Phi) is 6.55. The molecule has 1 N–H and O–H groups in total. The molecule has 28 heavy (non-hydrogen) atoms. The molecule has 6 heteroatoms. The van der Waals surface area contributed by atoms with E-state index in [4.69, 9.17) is 4.74 Å². The van der Waals surface area contributed by atoms with Crippen LogP contribution in [0.5, 0.6) is 0 Å². The summed E-state index contributed by atoms with van der Waals surface area (Å²) in [6.45, 7) is 11.1. The van der Waals surface area contributed by atoms with E-state index in [0.717, 1.165) is 35.3 Å². The van der Waals surface area contributed by atoms with Crippen molar-refractivity contribution in [3.63, 3.8) is 0 Å². The highest BCUT2D eigenvalue weighted by Gasteiger charge is 2.26. The topological polar surface area (TPSA) is 58.6 Å². The van der Waals surface area contributed by atoms with Gasteiger partial charge in [0.05, 0.1) is 18.1 Å². The number of benzene rings is 2. The molecule has 0 aliphatic carbocycles. The number of nitrogens with one attached hydrogen (secondary N) is 1. The molecule has 0 spiro atoms. The van der Waals surface area contributed by atoms with Crippen molar-refractivity contribution in [1.29, 1.82) is 0 Å². The third-order valence-electron chi connectivity index (χ3n) is 5.50. The van der Waals surface area contributed by atoms with Crippen LogP contribution < -0.4 is 4.72 Å². The van der Waals surface area contributed by atoms with E-state index in [-0.39, 0.29) is 6.04 Å². The number of sulfonamides is 1. The molecule has 0 aromatic heterocycles. The molecule has 1 atom stereocenters. The van der Waals surface area contributed by atoms with Gasteiger partial charge < -0.3 is 4.74 Å². The molecule has 0 amide bonds. The molecular weight excluding hydrogens is 372 g/mol. The summed E-state index contributed by atoms with van der Waals surface area (Å²) in [5.41, 5.74) is 5.16. The molecule has 152 valence electrons. The van der Waals surface area contributed by atoms with Gasteiger partial charge in [0, 0.05) is 25.7 Å². The number of morpholine rings is 1. The van der Waals surface area contributed by atoms with Crippen LogP contribution in [0.4, 0.5) is 0 Å². The van der Waals surface area contributed by atoms with Crippen LogP contribution in [0.3, 0.4) is 0 Å². The Morgan fingerprint density at radius 3 is 2.21 bits per heavy atom. The van der Waals surface area contributed by atoms with Gasteiger partial charge in [0.2, 0.25) is 10.0 Å². The first kappa shape index (κ1) is 21.0. The number of aryl methyl sites for hydroxylation is 4. The highest BCUT2D eigenvalue weighted by molar-refractivity contribution is 7.89. The van der Waals surface area contributed by atoms with Gasteiger partial charge in [-0.05, 0) is 56.0 Å². The molecule has 0 saturated carbocycles. The van der Waals surface area contributed by atoms with Gasteiger partial charge in [0.15, 0.2) is 0 Å². The fourth-order valence-electron chi connectivity index (χ4n) is 3.63. The maximum atomic E-state index is 13.0. The Morgan fingerprint density at radius 1 is 0.964 bits per heavy atom. The van der Waals surface area contributed by atoms with Gasteiger partial charge in [-0.15, -0.1) is 0 Å². The number of hydrogen-bond acceptors (Lipinski definition) is 4. The second kappa shape index (κ2) is 8.74. The van der Waals surface area contributed by atoms with Crippen LogP contribution in [0.25, 0.3) is 0 Å². The Morgan fingerprint density at radius 2 is 1.57 bits per heavy atom. The average molecular weight is 403 g/mol. The Balaban J connectivity index is 1.84. The maximum Gasteiger partial charge on any atom is 0.240 e. The molecule has 5 nitrogen and oxygen atoms in total. The highest BCUT2D eigenvalue weighted by Crippen LogP contribution is 2.24. The molecule has 0 unspecified atom stereocenters. The summed E-state index contributed by atoms with van der Waals surface area (Å²) in [4.78, 5) is 2.66. The minimum Gasteiger partial charge on any atom is -0.379 e. The lowest BCUT2D eigenvalue weighted by molar-refractivity contribution is 0.0172. The van der Waals surface area contributed by atoms with Crippen molar-refractivity contribution in [3.05, 3.63) is 64.2 Å². The van der Waals surface area contributed by atoms with Gasteiger partial charge in [-0.1, -0.05) is 35.9 Å². The van der Waals surface area contributed by atoms with E-state index in [1.807, 2.05) is 26.8 Å². The van der Waals surface area contributed by atoms with E-state index >= 15 is 0 Å². The summed E-state index contributed by atoms with van der Waals surface area (Å²) in [5, 5.41) is 0. The van der Waals surface area contributed by atoms with Crippen molar-refractivity contribution < 1.29 is 13.2 Å². The minimum absolute atomic E-state index is 0.0221. The third-order valence-corrected chi connectivity index (χ3v) is 7.06. The first-order valence-corrected chi connectivity index (χ1v) is 11.2. The van der Waals surface area contributed by atoms with Gasteiger partial charge in [-0.2, -0.15) is 0 Å². The second-order valence-electron chi connectivity index (χ2n) is 7.63. The lowest BCUT2D eigenvalue weighted by Gasteiger charge is -2.35. The smallest absolute Gasteiger partial charge is 0.240 e. The van der Waals surface area contributed by atoms with Crippen LogP contribution in [-0.2, 0) is 14.8 Å². The summed E-state index contributed by atoms with van der Waals surface area (Å²) in [6.07, 6.45) is 0. The van der Waals surface area contributed by atoms with Crippen molar-refractivity contribution in [2.75, 3.05) is 32.8 Å². The van der Waals surface area contributed by atoms with Crippen molar-refractivity contribution in [2.45, 2.75) is 38.6 Å². The van der Waals surface area contributed by atoms with Crippen LogP contribution >= 0.6 is 0 Å². The van der Waals surface area contributed by atoms with E-state index in [9.17, 15) is 8.42 Å². The normalized spacial score (nSPS) is 16.9. The first-order valence-electron chi connectivity index (χ1n) is 9.74. The van der Waals surface area contributed by atoms with E-state index in [1.54, 1.807) is 6.07 Å². The quantitative estimate of drug-likeness (QED) is 0.806. The fraction of sp³-hybridized carbons (Fsp3) is 0.455. The van der Waals surface area contributed by atoms with Gasteiger partial charge in [0.25, 0.3) is 0 Å². The summed E-state index contributed by atoms with van der Waals surface area (Å²) in [7, 11) is -3.59. The van der Waals surface area contributed by atoms with Gasteiger partial charge in [-0.3, -0.25) is 4.90 Å². The van der Waals surface area contributed by atoms with E-state index in [2.05, 4.69) is 40.8 Å². The molecule has 1 aliphatic rings. The lowest BCUT2D eigenvalue weighted by atomic mass is 10.0. The highest BCUT2D eigenvalue weighted by atomic mass is 32.2. The molecule has 2 aromatic carbocycles. The van der Waals surface area contributed by atoms with Crippen molar-refractivity contribution >= 4 is 10.0 Å². The molecule has 1 aliphatic heterocycles. The van der Waals surface area contributed by atoms with E-state index < -0.39 is 10.0 Å². The van der Waals surface area contributed by atoms with E-state index in [1.165, 1.54) is 5.56 Å². The zero-order valence-corrected chi connectivity index (χ0v) is 18.0. The van der Waals surface area contributed by atoms with Crippen molar-refractivity contribution in [3.8, 4) is 0 Å². The largest absolute Gasteiger partial charge is 0.379 e. The van der Waals surface area contributed by atoms with E-state index in [0.29, 0.717) is 24.7 Å². The average Bonchev–Trinajstić information content (AvgIpc) is 2.67. The van der Waals surface area contributed by atoms with Gasteiger partial charge >= 0.3 is 0 Å². The molecule has 1 saturated heterocycles. The minimum atomic E-state index is -3.59. The summed E-state index contributed by atoms with van der Waals surface area (Å²) < 4.78 is 34.4. The van der Waals surface area contributed by atoms with Crippen LogP contribution in [0.1, 0.15) is 33.9 Å². The predicted octanol–water partition coefficient (Wildman–Crippen LogP) is 3.27. The fourth-order valence-corrected chi connectivity index (χ4v) is 4.97. The van der Waals surface area contributed by atoms with Crippen LogP contribution in [0, 0.1) is 27.7 Å². The van der Waals surface area contributed by atoms with Crippen molar-refractivity contribution in [1.82, 2.24) is 9.62 Å². The summed E-state index contributed by atoms with van der Waals surface area (Å²) in [5.74, 6) is 0. The molecule has 3 rings (SSSR count). The molecule has 0 bridgehead atoms. The predicted molar refractivity (Wildman–Crippen MR) is 112 cm³/mol. The first-order chi connectivity index (χ1) is 13.3. The zero-order valence-electron chi connectivity index (χ0n) is 17.2. The molecular formula is C22H30N2O3S. The van der Waals surface area contributed by atoms with Crippen molar-refractivity contribution in [2.24, 2.45) is 0 Å². The number of ether oxygens (including phenoxy) is 1. The maximum absolute atomic E-state index is 13.0.